The lowest BCUT2D eigenvalue weighted by Gasteiger charge is -2.19. The van der Waals surface area contributed by atoms with Crippen molar-refractivity contribution in [3.8, 4) is 0 Å². The number of aromatic carboxylic acids is 1. The van der Waals surface area contributed by atoms with Crippen molar-refractivity contribution in [2.24, 2.45) is 0 Å². The lowest BCUT2D eigenvalue weighted by molar-refractivity contribution is 0.0695. The number of hydrogen-bond donors (Lipinski definition) is 1. The highest BCUT2D eigenvalue weighted by atomic mass is 16.4. The molecule has 104 valence electrons. The van der Waals surface area contributed by atoms with Crippen LogP contribution in [0.5, 0.6) is 0 Å². The number of hydrogen-bond acceptors (Lipinski definition) is 4. The monoisotopic (exact) mass is 271 g/mol. The van der Waals surface area contributed by atoms with E-state index >= 15 is 0 Å². The summed E-state index contributed by atoms with van der Waals surface area (Å²) in [6.45, 7) is 2.59. The summed E-state index contributed by atoms with van der Waals surface area (Å²) in [6, 6.07) is 7.07. The maximum absolute atomic E-state index is 11.2. The minimum atomic E-state index is -0.890. The predicted molar refractivity (Wildman–Crippen MR) is 77.1 cm³/mol. The molecule has 0 amide bonds. The van der Waals surface area contributed by atoms with E-state index in [0.717, 1.165) is 17.1 Å². The van der Waals surface area contributed by atoms with Crippen molar-refractivity contribution in [3.63, 3.8) is 0 Å². The number of anilines is 1. The van der Waals surface area contributed by atoms with Gasteiger partial charge in [0.05, 0.1) is 11.3 Å². The number of likely N-dealkylation sites (N-methyl/N-ethyl adjacent to an activating group) is 1. The van der Waals surface area contributed by atoms with E-state index < -0.39 is 5.97 Å². The molecule has 5 nitrogen and oxygen atoms in total. The van der Waals surface area contributed by atoms with Crippen molar-refractivity contribution in [2.75, 3.05) is 18.5 Å². The zero-order chi connectivity index (χ0) is 14.5. The number of aromatic nitrogens is 2. The van der Waals surface area contributed by atoms with Crippen LogP contribution in [-0.2, 0) is 6.42 Å². The number of carbonyl (C=O) groups is 1. The minimum absolute atomic E-state index is 0.358. The van der Waals surface area contributed by atoms with Gasteiger partial charge in [0.15, 0.2) is 0 Å². The highest BCUT2D eigenvalue weighted by Crippen LogP contribution is 2.14. The van der Waals surface area contributed by atoms with Crippen LogP contribution in [0.2, 0.25) is 0 Å². The average molecular weight is 271 g/mol. The maximum atomic E-state index is 11.2. The number of aryl methyl sites for hydroxylation is 1. The van der Waals surface area contributed by atoms with Crippen molar-refractivity contribution in [1.29, 1.82) is 0 Å². The molecule has 20 heavy (non-hydrogen) atoms. The Morgan fingerprint density at radius 3 is 2.65 bits per heavy atom. The van der Waals surface area contributed by atoms with Crippen LogP contribution in [0, 0.1) is 6.92 Å². The summed E-state index contributed by atoms with van der Waals surface area (Å²) < 4.78 is 0. The van der Waals surface area contributed by atoms with E-state index in [9.17, 15) is 4.79 Å². The van der Waals surface area contributed by atoms with Gasteiger partial charge in [0.2, 0.25) is 0 Å². The lowest BCUT2D eigenvalue weighted by atomic mass is 10.0. The quantitative estimate of drug-likeness (QED) is 0.902. The zero-order valence-electron chi connectivity index (χ0n) is 11.6. The number of benzene rings is 1. The van der Waals surface area contributed by atoms with Crippen LogP contribution in [0.4, 0.5) is 5.82 Å². The molecular weight excluding hydrogens is 254 g/mol. The first-order valence-corrected chi connectivity index (χ1v) is 6.39. The standard InChI is InChI=1S/C15H17N3O2/c1-11-14(17-9-8-16-11)18(2)10-7-12-5-3-4-6-13(12)15(19)20/h3-6,8-9H,7,10H2,1-2H3,(H,19,20). The van der Waals surface area contributed by atoms with E-state index in [1.54, 1.807) is 24.5 Å². The molecule has 0 unspecified atom stereocenters. The molecule has 1 aromatic carbocycles. The Morgan fingerprint density at radius 2 is 1.95 bits per heavy atom. The maximum Gasteiger partial charge on any atom is 0.335 e. The van der Waals surface area contributed by atoms with Gasteiger partial charge < -0.3 is 10.0 Å². The summed E-state index contributed by atoms with van der Waals surface area (Å²) in [5, 5.41) is 9.16. The average Bonchev–Trinajstić information content (AvgIpc) is 2.45. The van der Waals surface area contributed by atoms with E-state index in [1.165, 1.54) is 0 Å². The molecule has 0 fully saturated rings. The summed E-state index contributed by atoms with van der Waals surface area (Å²) in [6.07, 6.45) is 3.96. The van der Waals surface area contributed by atoms with Crippen LogP contribution in [0.1, 0.15) is 21.6 Å². The van der Waals surface area contributed by atoms with Crippen LogP contribution in [0.25, 0.3) is 0 Å². The first-order valence-electron chi connectivity index (χ1n) is 6.39. The van der Waals surface area contributed by atoms with Crippen LogP contribution >= 0.6 is 0 Å². The molecule has 0 bridgehead atoms. The minimum Gasteiger partial charge on any atom is -0.478 e. The van der Waals surface area contributed by atoms with Gasteiger partial charge in [-0.2, -0.15) is 0 Å². The molecular formula is C15H17N3O2. The van der Waals surface area contributed by atoms with Crippen LogP contribution < -0.4 is 4.90 Å². The molecule has 1 N–H and O–H groups in total. The fourth-order valence-electron chi connectivity index (χ4n) is 2.12. The Morgan fingerprint density at radius 1 is 1.25 bits per heavy atom. The second-order valence-electron chi connectivity index (χ2n) is 4.60. The Hall–Kier alpha value is -2.43. The zero-order valence-corrected chi connectivity index (χ0v) is 11.6. The highest BCUT2D eigenvalue weighted by Gasteiger charge is 2.11. The largest absolute Gasteiger partial charge is 0.478 e. The fraction of sp³-hybridized carbons (Fsp3) is 0.267. The van der Waals surface area contributed by atoms with Crippen LogP contribution in [-0.4, -0.2) is 34.6 Å². The molecule has 2 aromatic rings. The summed E-state index contributed by atoms with van der Waals surface area (Å²) in [5.41, 5.74) is 2.05. The van der Waals surface area contributed by atoms with Gasteiger partial charge in [-0.3, -0.25) is 4.98 Å². The van der Waals surface area contributed by atoms with Gasteiger partial charge in [-0.05, 0) is 25.0 Å². The predicted octanol–water partition coefficient (Wildman–Crippen LogP) is 2.16. The van der Waals surface area contributed by atoms with Crippen molar-refractivity contribution in [3.05, 3.63) is 53.5 Å². The van der Waals surface area contributed by atoms with Gasteiger partial charge in [0, 0.05) is 26.0 Å². The van der Waals surface area contributed by atoms with Crippen molar-refractivity contribution in [1.82, 2.24) is 9.97 Å². The Bertz CT molecular complexity index is 614. The van der Waals surface area contributed by atoms with Crippen molar-refractivity contribution < 1.29 is 9.90 Å². The Kier molecular flexibility index (Phi) is 4.30. The number of nitrogens with zero attached hydrogens (tertiary/aromatic N) is 3. The van der Waals surface area contributed by atoms with Crippen molar-refractivity contribution in [2.45, 2.75) is 13.3 Å². The summed E-state index contributed by atoms with van der Waals surface area (Å²) in [7, 11) is 1.93. The van der Waals surface area contributed by atoms with E-state index in [-0.39, 0.29) is 0 Å². The number of rotatable bonds is 5. The number of carboxylic acid groups (broad SMARTS) is 1. The van der Waals surface area contributed by atoms with Gasteiger partial charge in [0.1, 0.15) is 5.82 Å². The first kappa shape index (κ1) is 14.0. The molecule has 0 aliphatic carbocycles. The molecule has 0 saturated carbocycles. The smallest absolute Gasteiger partial charge is 0.335 e. The van der Waals surface area contributed by atoms with E-state index in [0.29, 0.717) is 18.5 Å². The molecule has 0 saturated heterocycles. The molecule has 1 aromatic heterocycles. The highest BCUT2D eigenvalue weighted by molar-refractivity contribution is 5.89. The molecule has 2 rings (SSSR count). The normalized spacial score (nSPS) is 10.3. The second-order valence-corrected chi connectivity index (χ2v) is 4.60. The molecule has 0 aliphatic rings. The lowest BCUT2D eigenvalue weighted by Crippen LogP contribution is -2.23. The summed E-state index contributed by atoms with van der Waals surface area (Å²) in [5.74, 6) is -0.0701. The second kappa shape index (κ2) is 6.14. The molecule has 0 spiro atoms. The van der Waals surface area contributed by atoms with E-state index in [2.05, 4.69) is 9.97 Å². The Balaban J connectivity index is 2.10. The third kappa shape index (κ3) is 3.12. The summed E-state index contributed by atoms with van der Waals surface area (Å²) in [4.78, 5) is 21.6. The van der Waals surface area contributed by atoms with Crippen LogP contribution in [0.3, 0.4) is 0 Å². The van der Waals surface area contributed by atoms with E-state index in [1.807, 2.05) is 31.0 Å². The molecule has 5 heteroatoms. The number of carboxylic acids is 1. The Labute approximate surface area is 117 Å². The van der Waals surface area contributed by atoms with Crippen molar-refractivity contribution >= 4 is 11.8 Å². The summed E-state index contributed by atoms with van der Waals surface area (Å²) >= 11 is 0. The molecule has 0 atom stereocenters. The fourth-order valence-corrected chi connectivity index (χ4v) is 2.12. The van der Waals surface area contributed by atoms with Gasteiger partial charge in [-0.1, -0.05) is 18.2 Å². The van der Waals surface area contributed by atoms with Gasteiger partial charge in [0.25, 0.3) is 0 Å². The SMILES string of the molecule is Cc1nccnc1N(C)CCc1ccccc1C(=O)O. The third-order valence-electron chi connectivity index (χ3n) is 3.18. The van der Waals surface area contributed by atoms with Gasteiger partial charge in [-0.25, -0.2) is 9.78 Å². The van der Waals surface area contributed by atoms with E-state index in [4.69, 9.17) is 5.11 Å². The topological polar surface area (TPSA) is 66.3 Å². The molecule has 0 aliphatic heterocycles. The molecule has 1 heterocycles. The first-order chi connectivity index (χ1) is 9.59. The van der Waals surface area contributed by atoms with Crippen LogP contribution in [0.15, 0.2) is 36.7 Å². The molecule has 0 radical (unpaired) electrons. The van der Waals surface area contributed by atoms with Gasteiger partial charge in [-0.15, -0.1) is 0 Å². The van der Waals surface area contributed by atoms with Gasteiger partial charge >= 0.3 is 5.97 Å². The third-order valence-corrected chi connectivity index (χ3v) is 3.18.